The molecule has 0 bridgehead atoms. The number of hydrogen-bond donors (Lipinski definition) is 1. The summed E-state index contributed by atoms with van der Waals surface area (Å²) in [4.78, 5) is 0.129. The highest BCUT2D eigenvalue weighted by Gasteiger charge is 2.31. The van der Waals surface area contributed by atoms with Crippen LogP contribution in [0.2, 0.25) is 5.02 Å². The number of ether oxygens (including phenoxy) is 1. The summed E-state index contributed by atoms with van der Waals surface area (Å²) in [7, 11) is -0.285. The molecule has 21 heavy (non-hydrogen) atoms. The van der Waals surface area contributed by atoms with Crippen LogP contribution in [0.1, 0.15) is 12.8 Å². The molecule has 0 spiro atoms. The summed E-state index contributed by atoms with van der Waals surface area (Å²) >= 11 is 5.92. The Balaban J connectivity index is 0.00000220. The van der Waals surface area contributed by atoms with E-state index in [0.717, 1.165) is 12.8 Å². The third kappa shape index (κ3) is 4.02. The van der Waals surface area contributed by atoms with Crippen molar-refractivity contribution in [1.82, 2.24) is 9.62 Å². The molecule has 1 unspecified atom stereocenters. The van der Waals surface area contributed by atoms with E-state index in [1.54, 1.807) is 12.1 Å². The number of halogens is 2. The monoisotopic (exact) mass is 354 g/mol. The summed E-state index contributed by atoms with van der Waals surface area (Å²) < 4.78 is 32.1. The van der Waals surface area contributed by atoms with Crippen molar-refractivity contribution in [3.8, 4) is 5.75 Å². The van der Waals surface area contributed by atoms with E-state index in [2.05, 4.69) is 5.32 Å². The van der Waals surface area contributed by atoms with Crippen LogP contribution in [0.4, 0.5) is 0 Å². The van der Waals surface area contributed by atoms with Gasteiger partial charge in [-0.3, -0.25) is 0 Å². The number of piperidine rings is 1. The predicted octanol–water partition coefficient (Wildman–Crippen LogP) is 2.14. The number of benzene rings is 1. The molecule has 1 heterocycles. The molecule has 1 aromatic carbocycles. The van der Waals surface area contributed by atoms with Gasteiger partial charge in [0.2, 0.25) is 10.0 Å². The lowest BCUT2D eigenvalue weighted by molar-refractivity contribution is 0.291. The molecule has 0 aromatic heterocycles. The van der Waals surface area contributed by atoms with E-state index in [4.69, 9.17) is 16.3 Å². The maximum absolute atomic E-state index is 12.7. The standard InChI is InChI=1S/C13H19ClN2O3S.ClH/c1-15-11-4-3-7-16(9-11)20(17,18)13-8-10(14)5-6-12(13)19-2;/h5-6,8,11,15H,3-4,7,9H2,1-2H3;1H. The summed E-state index contributed by atoms with van der Waals surface area (Å²) in [6.45, 7) is 0.991. The maximum atomic E-state index is 12.7. The molecule has 8 heteroatoms. The van der Waals surface area contributed by atoms with Gasteiger partial charge in [0.15, 0.2) is 0 Å². The molecule has 120 valence electrons. The quantitative estimate of drug-likeness (QED) is 0.899. The number of methoxy groups -OCH3 is 1. The van der Waals surface area contributed by atoms with Gasteiger partial charge in [-0.25, -0.2) is 8.42 Å². The van der Waals surface area contributed by atoms with Crippen molar-refractivity contribution in [3.05, 3.63) is 23.2 Å². The Kier molecular flexibility index (Phi) is 6.74. The fourth-order valence-electron chi connectivity index (χ4n) is 2.39. The van der Waals surface area contributed by atoms with Crippen LogP contribution < -0.4 is 10.1 Å². The number of nitrogens with one attached hydrogen (secondary N) is 1. The van der Waals surface area contributed by atoms with Gasteiger partial charge in [-0.2, -0.15) is 4.31 Å². The average Bonchev–Trinajstić information content (AvgIpc) is 2.47. The summed E-state index contributed by atoms with van der Waals surface area (Å²) in [6, 6.07) is 4.82. The summed E-state index contributed by atoms with van der Waals surface area (Å²) in [5.41, 5.74) is 0. The van der Waals surface area contributed by atoms with Crippen LogP contribution in [0.5, 0.6) is 5.75 Å². The van der Waals surface area contributed by atoms with Gasteiger partial charge >= 0.3 is 0 Å². The lowest BCUT2D eigenvalue weighted by Gasteiger charge is -2.32. The summed E-state index contributed by atoms with van der Waals surface area (Å²) in [5, 5.41) is 3.52. The zero-order valence-electron chi connectivity index (χ0n) is 12.0. The number of nitrogens with zero attached hydrogens (tertiary/aromatic N) is 1. The minimum atomic E-state index is -3.59. The van der Waals surface area contributed by atoms with Crippen molar-refractivity contribution in [2.75, 3.05) is 27.2 Å². The number of rotatable bonds is 4. The highest BCUT2D eigenvalue weighted by atomic mass is 35.5. The van der Waals surface area contributed by atoms with Crippen LogP contribution >= 0.6 is 24.0 Å². The molecule has 0 radical (unpaired) electrons. The van der Waals surface area contributed by atoms with E-state index in [-0.39, 0.29) is 23.3 Å². The van der Waals surface area contributed by atoms with Gasteiger partial charge in [0.1, 0.15) is 10.6 Å². The predicted molar refractivity (Wildman–Crippen MR) is 86.1 cm³/mol. The fourth-order valence-corrected chi connectivity index (χ4v) is 4.33. The van der Waals surface area contributed by atoms with E-state index >= 15 is 0 Å². The molecule has 1 atom stereocenters. The Morgan fingerprint density at radius 2 is 2.14 bits per heavy atom. The lowest BCUT2D eigenvalue weighted by atomic mass is 10.1. The first-order valence-electron chi connectivity index (χ1n) is 6.50. The Labute approximate surface area is 137 Å². The van der Waals surface area contributed by atoms with E-state index in [1.807, 2.05) is 7.05 Å². The zero-order valence-corrected chi connectivity index (χ0v) is 14.4. The minimum Gasteiger partial charge on any atom is -0.495 e. The molecule has 1 aromatic rings. The molecule has 0 saturated carbocycles. The number of likely N-dealkylation sites (N-methyl/N-ethyl adjacent to an activating group) is 1. The van der Waals surface area contributed by atoms with Crippen molar-refractivity contribution < 1.29 is 13.2 Å². The van der Waals surface area contributed by atoms with Crippen molar-refractivity contribution in [3.63, 3.8) is 0 Å². The minimum absolute atomic E-state index is 0. The van der Waals surface area contributed by atoms with Gasteiger partial charge < -0.3 is 10.1 Å². The molecular weight excluding hydrogens is 335 g/mol. The second-order valence-electron chi connectivity index (χ2n) is 4.79. The van der Waals surface area contributed by atoms with Crippen LogP contribution in [0.3, 0.4) is 0 Å². The second-order valence-corrected chi connectivity index (χ2v) is 7.13. The molecule has 1 saturated heterocycles. The van der Waals surface area contributed by atoms with E-state index in [9.17, 15) is 8.42 Å². The first-order valence-corrected chi connectivity index (χ1v) is 8.32. The first kappa shape index (κ1) is 18.5. The topological polar surface area (TPSA) is 58.6 Å². The fraction of sp³-hybridized carbons (Fsp3) is 0.538. The van der Waals surface area contributed by atoms with Crippen molar-refractivity contribution in [2.24, 2.45) is 0 Å². The average molecular weight is 355 g/mol. The van der Waals surface area contributed by atoms with Crippen LogP contribution in [0, 0.1) is 0 Å². The Bertz CT molecular complexity index is 581. The Hall–Kier alpha value is -0.530. The molecule has 1 aliphatic rings. The van der Waals surface area contributed by atoms with Gasteiger partial charge in [-0.15, -0.1) is 12.4 Å². The van der Waals surface area contributed by atoms with Crippen molar-refractivity contribution in [2.45, 2.75) is 23.8 Å². The molecule has 1 aliphatic heterocycles. The van der Waals surface area contributed by atoms with Crippen LogP contribution in [0.15, 0.2) is 23.1 Å². The van der Waals surface area contributed by atoms with Gasteiger partial charge in [0.05, 0.1) is 7.11 Å². The Morgan fingerprint density at radius 3 is 2.76 bits per heavy atom. The summed E-state index contributed by atoms with van der Waals surface area (Å²) in [5.74, 6) is 0.320. The third-order valence-corrected chi connectivity index (χ3v) is 5.66. The van der Waals surface area contributed by atoms with Gasteiger partial charge in [0.25, 0.3) is 0 Å². The zero-order chi connectivity index (χ0) is 14.8. The largest absolute Gasteiger partial charge is 0.495 e. The molecule has 0 amide bonds. The normalized spacial score (nSPS) is 19.9. The highest BCUT2D eigenvalue weighted by molar-refractivity contribution is 7.89. The molecule has 1 fully saturated rings. The smallest absolute Gasteiger partial charge is 0.246 e. The van der Waals surface area contributed by atoms with E-state index in [0.29, 0.717) is 23.9 Å². The molecule has 5 nitrogen and oxygen atoms in total. The Morgan fingerprint density at radius 1 is 1.43 bits per heavy atom. The number of hydrogen-bond acceptors (Lipinski definition) is 4. The van der Waals surface area contributed by atoms with Crippen LogP contribution in [-0.4, -0.2) is 46.0 Å². The maximum Gasteiger partial charge on any atom is 0.246 e. The summed E-state index contributed by atoms with van der Waals surface area (Å²) in [6.07, 6.45) is 1.82. The van der Waals surface area contributed by atoms with Gasteiger partial charge in [0, 0.05) is 24.2 Å². The lowest BCUT2D eigenvalue weighted by Crippen LogP contribution is -2.46. The van der Waals surface area contributed by atoms with E-state index < -0.39 is 10.0 Å². The SMILES string of the molecule is CNC1CCCN(S(=O)(=O)c2cc(Cl)ccc2OC)C1.Cl. The van der Waals surface area contributed by atoms with Gasteiger partial charge in [-0.1, -0.05) is 11.6 Å². The third-order valence-electron chi connectivity index (χ3n) is 3.54. The number of sulfonamides is 1. The molecule has 1 N–H and O–H groups in total. The first-order chi connectivity index (χ1) is 9.48. The second kappa shape index (κ2) is 7.65. The van der Waals surface area contributed by atoms with Crippen molar-refractivity contribution in [1.29, 1.82) is 0 Å². The molecule has 2 rings (SSSR count). The highest BCUT2D eigenvalue weighted by Crippen LogP contribution is 2.30. The van der Waals surface area contributed by atoms with E-state index in [1.165, 1.54) is 17.5 Å². The van der Waals surface area contributed by atoms with Crippen molar-refractivity contribution >= 4 is 34.0 Å². The van der Waals surface area contributed by atoms with Crippen LogP contribution in [-0.2, 0) is 10.0 Å². The van der Waals surface area contributed by atoms with Crippen LogP contribution in [0.25, 0.3) is 0 Å². The molecular formula is C13H20Cl2N2O3S. The molecule has 0 aliphatic carbocycles. The van der Waals surface area contributed by atoms with Gasteiger partial charge in [-0.05, 0) is 38.1 Å².